The zero-order chi connectivity index (χ0) is 16.0. The van der Waals surface area contributed by atoms with Gasteiger partial charge in [0.1, 0.15) is 11.6 Å². The lowest BCUT2D eigenvalue weighted by atomic mass is 9.88. The van der Waals surface area contributed by atoms with E-state index in [2.05, 4.69) is 4.98 Å². The Kier molecular flexibility index (Phi) is 2.92. The Morgan fingerprint density at radius 1 is 1.36 bits per heavy atom. The lowest BCUT2D eigenvalue weighted by Crippen LogP contribution is -2.42. The minimum atomic E-state index is -0.700. The third-order valence-electron chi connectivity index (χ3n) is 3.75. The number of ether oxygens (including phenoxy) is 1. The zero-order valence-corrected chi connectivity index (χ0v) is 12.0. The van der Waals surface area contributed by atoms with E-state index in [1.165, 1.54) is 18.7 Å². The van der Waals surface area contributed by atoms with E-state index in [-0.39, 0.29) is 22.9 Å². The second kappa shape index (κ2) is 4.66. The zero-order valence-electron chi connectivity index (χ0n) is 12.0. The first-order chi connectivity index (χ1) is 10.5. The van der Waals surface area contributed by atoms with Crippen molar-refractivity contribution in [2.24, 2.45) is 19.8 Å². The molecule has 22 heavy (non-hydrogen) atoms. The van der Waals surface area contributed by atoms with Crippen LogP contribution in [0.4, 0.5) is 0 Å². The Morgan fingerprint density at radius 3 is 2.68 bits per heavy atom. The molecule has 1 aliphatic rings. The third-order valence-corrected chi connectivity index (χ3v) is 3.75. The minimum absolute atomic E-state index is 0.0594. The molecule has 0 aliphatic carbocycles. The van der Waals surface area contributed by atoms with E-state index >= 15 is 0 Å². The predicted molar refractivity (Wildman–Crippen MR) is 77.0 cm³/mol. The van der Waals surface area contributed by atoms with Gasteiger partial charge < -0.3 is 15.5 Å². The highest BCUT2D eigenvalue weighted by atomic mass is 16.5. The maximum absolute atomic E-state index is 12.5. The number of aromatic amines is 1. The number of nitrogens with one attached hydrogen (secondary N) is 1. The number of rotatable bonds is 1. The van der Waals surface area contributed by atoms with Gasteiger partial charge in [0.05, 0.1) is 11.5 Å². The molecule has 0 spiro atoms. The van der Waals surface area contributed by atoms with Gasteiger partial charge >= 0.3 is 5.69 Å². The van der Waals surface area contributed by atoms with Crippen molar-refractivity contribution in [2.75, 3.05) is 0 Å². The van der Waals surface area contributed by atoms with Gasteiger partial charge in [0.15, 0.2) is 0 Å². The fourth-order valence-corrected chi connectivity index (χ4v) is 2.62. The fourth-order valence-electron chi connectivity index (χ4n) is 2.62. The normalized spacial score (nSPS) is 16.9. The van der Waals surface area contributed by atoms with Crippen LogP contribution in [0.5, 0.6) is 5.88 Å². The van der Waals surface area contributed by atoms with Gasteiger partial charge in [-0.25, -0.2) is 4.79 Å². The maximum Gasteiger partial charge on any atom is 0.333 e. The summed E-state index contributed by atoms with van der Waals surface area (Å²) in [6, 6.07) is 5.48. The molecule has 0 bridgehead atoms. The Bertz CT molecular complexity index is 941. The molecule has 8 nitrogen and oxygen atoms in total. The second-order valence-electron chi connectivity index (χ2n) is 4.97. The van der Waals surface area contributed by atoms with Crippen molar-refractivity contribution in [1.29, 1.82) is 5.26 Å². The molecule has 0 saturated carbocycles. The molecular formula is C14H13N5O3. The van der Waals surface area contributed by atoms with Gasteiger partial charge in [0.25, 0.3) is 5.56 Å². The van der Waals surface area contributed by atoms with Crippen molar-refractivity contribution in [1.82, 2.24) is 14.1 Å². The Morgan fingerprint density at radius 2 is 2.09 bits per heavy atom. The molecule has 0 aromatic carbocycles. The molecule has 112 valence electrons. The van der Waals surface area contributed by atoms with Gasteiger partial charge in [0, 0.05) is 26.0 Å². The van der Waals surface area contributed by atoms with Crippen LogP contribution < -0.4 is 21.7 Å². The first kappa shape index (κ1) is 13.8. The van der Waals surface area contributed by atoms with Crippen LogP contribution in [-0.4, -0.2) is 14.1 Å². The number of hydrogen-bond donors (Lipinski definition) is 2. The van der Waals surface area contributed by atoms with Crippen LogP contribution >= 0.6 is 0 Å². The van der Waals surface area contributed by atoms with Crippen molar-refractivity contribution in [3.05, 3.63) is 61.9 Å². The lowest BCUT2D eigenvalue weighted by Gasteiger charge is -2.26. The van der Waals surface area contributed by atoms with Crippen LogP contribution in [0.25, 0.3) is 0 Å². The number of nitriles is 1. The molecule has 1 aliphatic heterocycles. The van der Waals surface area contributed by atoms with Gasteiger partial charge in [-0.1, -0.05) is 0 Å². The number of aromatic nitrogens is 3. The van der Waals surface area contributed by atoms with Crippen LogP contribution in [0, 0.1) is 11.3 Å². The van der Waals surface area contributed by atoms with Crippen molar-refractivity contribution < 1.29 is 4.74 Å². The lowest BCUT2D eigenvalue weighted by molar-refractivity contribution is 0.348. The summed E-state index contributed by atoms with van der Waals surface area (Å²) in [5.74, 6) is -0.753. The summed E-state index contributed by atoms with van der Waals surface area (Å²) in [6.45, 7) is 0. The minimum Gasteiger partial charge on any atom is -0.423 e. The van der Waals surface area contributed by atoms with Crippen molar-refractivity contribution in [3.8, 4) is 11.9 Å². The number of nitrogens with zero attached hydrogens (tertiary/aromatic N) is 3. The fraction of sp³-hybridized carbons (Fsp3) is 0.214. The number of nitrogens with two attached hydrogens (primary N) is 1. The molecule has 0 saturated heterocycles. The van der Waals surface area contributed by atoms with Crippen molar-refractivity contribution in [2.45, 2.75) is 5.92 Å². The van der Waals surface area contributed by atoms with Crippen LogP contribution in [0.3, 0.4) is 0 Å². The van der Waals surface area contributed by atoms with E-state index in [0.717, 1.165) is 4.57 Å². The van der Waals surface area contributed by atoms with E-state index in [0.29, 0.717) is 5.69 Å². The highest BCUT2D eigenvalue weighted by molar-refractivity contribution is 5.51. The second-order valence-corrected chi connectivity index (χ2v) is 4.97. The molecule has 0 radical (unpaired) electrons. The van der Waals surface area contributed by atoms with Crippen molar-refractivity contribution in [3.63, 3.8) is 0 Å². The molecule has 8 heteroatoms. The number of H-pyrrole nitrogens is 1. The summed E-state index contributed by atoms with van der Waals surface area (Å²) in [4.78, 5) is 27.6. The number of allylic oxidation sites excluding steroid dienone is 1. The quantitative estimate of drug-likeness (QED) is 0.744. The van der Waals surface area contributed by atoms with Gasteiger partial charge in [-0.3, -0.25) is 13.9 Å². The van der Waals surface area contributed by atoms with E-state index in [1.54, 1.807) is 18.3 Å². The average molecular weight is 299 g/mol. The molecule has 2 aromatic rings. The molecular weight excluding hydrogens is 286 g/mol. The largest absolute Gasteiger partial charge is 0.423 e. The monoisotopic (exact) mass is 299 g/mol. The summed E-state index contributed by atoms with van der Waals surface area (Å²) >= 11 is 0. The summed E-state index contributed by atoms with van der Waals surface area (Å²) in [5, 5.41) is 9.38. The smallest absolute Gasteiger partial charge is 0.333 e. The van der Waals surface area contributed by atoms with Gasteiger partial charge in [-0.15, -0.1) is 0 Å². The van der Waals surface area contributed by atoms with Crippen LogP contribution in [0.15, 0.2) is 39.4 Å². The topological polar surface area (TPSA) is 119 Å². The Balaban J connectivity index is 2.44. The molecule has 1 atom stereocenters. The maximum atomic E-state index is 12.5. The third kappa shape index (κ3) is 1.69. The predicted octanol–water partition coefficient (Wildman–Crippen LogP) is -0.370. The Hall–Kier alpha value is -3.21. The standard InChI is InChI=1S/C14H13N5O3/c1-18-12(20)10-9(8-4-3-5-17-8)7(6-15)11(16)22-13(10)19(2)14(18)21/h3-5,9,17H,16H2,1-2H3/t9-/m0/s1. The summed E-state index contributed by atoms with van der Waals surface area (Å²) in [6.07, 6.45) is 1.68. The highest BCUT2D eigenvalue weighted by Gasteiger charge is 2.36. The summed E-state index contributed by atoms with van der Waals surface area (Å²) in [5.41, 5.74) is 5.72. The van der Waals surface area contributed by atoms with Crippen LogP contribution in [0.2, 0.25) is 0 Å². The van der Waals surface area contributed by atoms with E-state index in [4.69, 9.17) is 10.5 Å². The van der Waals surface area contributed by atoms with Crippen molar-refractivity contribution >= 4 is 0 Å². The van der Waals surface area contributed by atoms with Gasteiger partial charge in [-0.2, -0.15) is 5.26 Å². The van der Waals surface area contributed by atoms with E-state index in [9.17, 15) is 14.9 Å². The molecule has 2 aromatic heterocycles. The molecule has 0 amide bonds. The first-order valence-electron chi connectivity index (χ1n) is 6.48. The molecule has 3 N–H and O–H groups in total. The van der Waals surface area contributed by atoms with Crippen LogP contribution in [0.1, 0.15) is 17.2 Å². The number of hydrogen-bond acceptors (Lipinski definition) is 5. The van der Waals surface area contributed by atoms with E-state index in [1.807, 2.05) is 6.07 Å². The molecule has 0 unspecified atom stereocenters. The molecule has 0 fully saturated rings. The van der Waals surface area contributed by atoms with Gasteiger partial charge in [0.2, 0.25) is 11.8 Å². The molecule has 3 heterocycles. The summed E-state index contributed by atoms with van der Waals surface area (Å²) in [7, 11) is 2.86. The number of fused-ring (bicyclic) bond motifs is 1. The highest BCUT2D eigenvalue weighted by Crippen LogP contribution is 2.38. The SMILES string of the molecule is Cn1c2c(c(=O)n(C)c1=O)[C@H](c1ccc[nH]1)C(C#N)=C(N)O2. The van der Waals surface area contributed by atoms with Gasteiger partial charge in [-0.05, 0) is 12.1 Å². The molecule has 3 rings (SSSR count). The first-order valence-corrected chi connectivity index (χ1v) is 6.48. The average Bonchev–Trinajstić information content (AvgIpc) is 3.03. The summed E-state index contributed by atoms with van der Waals surface area (Å²) < 4.78 is 7.56. The Labute approximate surface area is 124 Å². The van der Waals surface area contributed by atoms with Crippen LogP contribution in [-0.2, 0) is 14.1 Å². The van der Waals surface area contributed by atoms with E-state index < -0.39 is 17.2 Å².